The third-order valence-electron chi connectivity index (χ3n) is 3.10. The minimum Gasteiger partial charge on any atom is -0.207 e. The fourth-order valence-electron chi connectivity index (χ4n) is 2.03. The number of hydrogen-bond acceptors (Lipinski definition) is 2. The summed E-state index contributed by atoms with van der Waals surface area (Å²) in [5.41, 5.74) is 2.02. The molecule has 0 atom stereocenters. The van der Waals surface area contributed by atoms with Gasteiger partial charge < -0.3 is 0 Å². The van der Waals surface area contributed by atoms with E-state index in [1.54, 1.807) is 6.07 Å². The third-order valence-corrected chi connectivity index (χ3v) is 4.52. The molecule has 0 spiro atoms. The number of halogens is 1. The molecule has 0 unspecified atom stereocenters. The van der Waals surface area contributed by atoms with E-state index in [9.17, 15) is 8.42 Å². The zero-order valence-corrected chi connectivity index (χ0v) is 12.6. The predicted molar refractivity (Wildman–Crippen MR) is 76.7 cm³/mol. The first-order valence-electron chi connectivity index (χ1n) is 6.55. The maximum atomic E-state index is 11.5. The van der Waals surface area contributed by atoms with Crippen LogP contribution in [-0.2, 0) is 21.9 Å². The smallest absolute Gasteiger partial charge is 0.207 e. The normalized spacial score (nSPS) is 11.7. The summed E-state index contributed by atoms with van der Waals surface area (Å²) in [5.74, 6) is 0. The van der Waals surface area contributed by atoms with Crippen molar-refractivity contribution >= 4 is 19.7 Å². The number of rotatable bonds is 7. The van der Waals surface area contributed by atoms with Crippen molar-refractivity contribution < 1.29 is 8.42 Å². The summed E-state index contributed by atoms with van der Waals surface area (Å²) >= 11 is 0. The fourth-order valence-corrected chi connectivity index (χ4v) is 3.18. The van der Waals surface area contributed by atoms with Crippen LogP contribution in [0.1, 0.15) is 50.7 Å². The van der Waals surface area contributed by atoms with E-state index in [1.807, 2.05) is 12.1 Å². The Kier molecular flexibility index (Phi) is 6.16. The highest BCUT2D eigenvalue weighted by Crippen LogP contribution is 2.23. The van der Waals surface area contributed by atoms with Crippen molar-refractivity contribution in [2.45, 2.75) is 57.3 Å². The second-order valence-corrected chi connectivity index (χ2v) is 7.08. The lowest BCUT2D eigenvalue weighted by Gasteiger charge is -2.09. The van der Waals surface area contributed by atoms with Gasteiger partial charge in [-0.15, -0.1) is 0 Å². The van der Waals surface area contributed by atoms with Crippen LogP contribution < -0.4 is 0 Å². The van der Waals surface area contributed by atoms with E-state index in [1.165, 1.54) is 12.8 Å². The van der Waals surface area contributed by atoms with E-state index >= 15 is 0 Å². The standard InChI is InChI=1S/C14H21ClO2S/c1-3-5-6-7-8-13-11-12(4-2)9-10-14(13)18(15,16)17/h9-11H,3-8H2,1-2H3. The highest BCUT2D eigenvalue weighted by molar-refractivity contribution is 8.13. The Labute approximate surface area is 115 Å². The second-order valence-electron chi connectivity index (χ2n) is 4.54. The van der Waals surface area contributed by atoms with Crippen molar-refractivity contribution in [3.05, 3.63) is 29.3 Å². The molecule has 102 valence electrons. The molecule has 0 fully saturated rings. The quantitative estimate of drug-likeness (QED) is 0.554. The van der Waals surface area contributed by atoms with E-state index in [0.717, 1.165) is 36.8 Å². The number of aryl methyl sites for hydroxylation is 2. The van der Waals surface area contributed by atoms with Gasteiger partial charge in [0.2, 0.25) is 0 Å². The summed E-state index contributed by atoms with van der Waals surface area (Å²) in [6.45, 7) is 4.22. The topological polar surface area (TPSA) is 34.1 Å². The Morgan fingerprint density at radius 3 is 2.39 bits per heavy atom. The van der Waals surface area contributed by atoms with Crippen molar-refractivity contribution in [2.75, 3.05) is 0 Å². The van der Waals surface area contributed by atoms with Crippen LogP contribution in [0.25, 0.3) is 0 Å². The fraction of sp³-hybridized carbons (Fsp3) is 0.571. The monoisotopic (exact) mass is 288 g/mol. The molecule has 1 rings (SSSR count). The SMILES string of the molecule is CCCCCCc1cc(CC)ccc1S(=O)(=O)Cl. The first-order valence-corrected chi connectivity index (χ1v) is 8.86. The summed E-state index contributed by atoms with van der Waals surface area (Å²) in [6.07, 6.45) is 6.21. The van der Waals surface area contributed by atoms with Crippen LogP contribution in [0.4, 0.5) is 0 Å². The molecule has 0 saturated carbocycles. The van der Waals surface area contributed by atoms with Gasteiger partial charge in [0.25, 0.3) is 9.05 Å². The van der Waals surface area contributed by atoms with Crippen LogP contribution in [-0.4, -0.2) is 8.42 Å². The summed E-state index contributed by atoms with van der Waals surface area (Å²) in [5, 5.41) is 0. The second kappa shape index (κ2) is 7.15. The van der Waals surface area contributed by atoms with Crippen LogP contribution in [0.15, 0.2) is 23.1 Å². The van der Waals surface area contributed by atoms with Crippen LogP contribution >= 0.6 is 10.7 Å². The molecule has 4 heteroatoms. The molecular formula is C14H21ClO2S. The lowest BCUT2D eigenvalue weighted by molar-refractivity contribution is 0.606. The largest absolute Gasteiger partial charge is 0.261 e. The molecule has 1 aromatic carbocycles. The zero-order chi connectivity index (χ0) is 13.6. The first kappa shape index (κ1) is 15.5. The number of benzene rings is 1. The van der Waals surface area contributed by atoms with Crippen LogP contribution in [0.2, 0.25) is 0 Å². The zero-order valence-electron chi connectivity index (χ0n) is 11.1. The Balaban J connectivity index is 2.91. The van der Waals surface area contributed by atoms with Crippen LogP contribution in [0, 0.1) is 0 Å². The summed E-state index contributed by atoms with van der Waals surface area (Å²) < 4.78 is 23.0. The molecule has 0 saturated heterocycles. The third kappa shape index (κ3) is 4.62. The van der Waals surface area contributed by atoms with Gasteiger partial charge in [-0.25, -0.2) is 8.42 Å². The van der Waals surface area contributed by atoms with Crippen molar-refractivity contribution in [3.8, 4) is 0 Å². The van der Waals surface area contributed by atoms with Crippen molar-refractivity contribution in [1.29, 1.82) is 0 Å². The van der Waals surface area contributed by atoms with Crippen molar-refractivity contribution in [2.24, 2.45) is 0 Å². The maximum Gasteiger partial charge on any atom is 0.261 e. The Hall–Kier alpha value is -0.540. The van der Waals surface area contributed by atoms with E-state index < -0.39 is 9.05 Å². The van der Waals surface area contributed by atoms with Gasteiger partial charge in [-0.2, -0.15) is 0 Å². The molecule has 0 aliphatic rings. The lowest BCUT2D eigenvalue weighted by Crippen LogP contribution is -2.00. The molecular weight excluding hydrogens is 268 g/mol. The molecule has 0 radical (unpaired) electrons. The van der Waals surface area contributed by atoms with Crippen molar-refractivity contribution in [3.63, 3.8) is 0 Å². The van der Waals surface area contributed by atoms with E-state index in [2.05, 4.69) is 13.8 Å². The van der Waals surface area contributed by atoms with Gasteiger partial charge >= 0.3 is 0 Å². The average Bonchev–Trinajstić information content (AvgIpc) is 2.33. The molecule has 1 aromatic rings. The van der Waals surface area contributed by atoms with Gasteiger partial charge in [0.05, 0.1) is 4.90 Å². The molecule has 0 heterocycles. The summed E-state index contributed by atoms with van der Waals surface area (Å²) in [7, 11) is 1.84. The average molecular weight is 289 g/mol. The molecule has 2 nitrogen and oxygen atoms in total. The maximum absolute atomic E-state index is 11.5. The molecule has 0 aromatic heterocycles. The Bertz CT molecular complexity index is 481. The van der Waals surface area contributed by atoms with Crippen LogP contribution in [0.5, 0.6) is 0 Å². The molecule has 0 amide bonds. The molecule has 0 bridgehead atoms. The molecule has 0 aliphatic heterocycles. The van der Waals surface area contributed by atoms with Gasteiger partial charge in [0, 0.05) is 10.7 Å². The molecule has 0 aliphatic carbocycles. The van der Waals surface area contributed by atoms with Gasteiger partial charge in [-0.05, 0) is 36.5 Å². The highest BCUT2D eigenvalue weighted by Gasteiger charge is 2.15. The number of unbranched alkanes of at least 4 members (excludes halogenated alkanes) is 3. The minimum absolute atomic E-state index is 0.276. The molecule has 18 heavy (non-hydrogen) atoms. The predicted octanol–water partition coefficient (Wildman–Crippen LogP) is 4.30. The molecule has 0 N–H and O–H groups in total. The van der Waals surface area contributed by atoms with Gasteiger partial charge in [0.1, 0.15) is 0 Å². The Morgan fingerprint density at radius 2 is 1.83 bits per heavy atom. The van der Waals surface area contributed by atoms with Gasteiger partial charge in [-0.1, -0.05) is 45.2 Å². The highest BCUT2D eigenvalue weighted by atomic mass is 35.7. The van der Waals surface area contributed by atoms with E-state index in [4.69, 9.17) is 10.7 Å². The van der Waals surface area contributed by atoms with E-state index in [0.29, 0.717) is 0 Å². The van der Waals surface area contributed by atoms with Crippen LogP contribution in [0.3, 0.4) is 0 Å². The summed E-state index contributed by atoms with van der Waals surface area (Å²) in [6, 6.07) is 5.45. The van der Waals surface area contributed by atoms with Gasteiger partial charge in [-0.3, -0.25) is 0 Å². The lowest BCUT2D eigenvalue weighted by atomic mass is 10.0. The van der Waals surface area contributed by atoms with E-state index in [-0.39, 0.29) is 4.90 Å². The van der Waals surface area contributed by atoms with Gasteiger partial charge in [0.15, 0.2) is 0 Å². The number of hydrogen-bond donors (Lipinski definition) is 0. The first-order chi connectivity index (χ1) is 8.49. The Morgan fingerprint density at radius 1 is 1.11 bits per heavy atom. The summed E-state index contributed by atoms with van der Waals surface area (Å²) in [4.78, 5) is 0.276. The van der Waals surface area contributed by atoms with Crippen molar-refractivity contribution in [1.82, 2.24) is 0 Å². The minimum atomic E-state index is -3.63.